The van der Waals surface area contributed by atoms with E-state index in [0.717, 1.165) is 0 Å². The van der Waals surface area contributed by atoms with E-state index >= 15 is 0 Å². The van der Waals surface area contributed by atoms with Gasteiger partial charge < -0.3 is 5.73 Å². The fourth-order valence-corrected chi connectivity index (χ4v) is 2.32. The fraction of sp³-hybridized carbons (Fsp3) is 0. The molecule has 0 heterocycles. The number of anilines is 1. The number of hydrogen-bond donors (Lipinski definition) is 1. The number of nitrogen functional groups attached to an aromatic ring is 1. The summed E-state index contributed by atoms with van der Waals surface area (Å²) in [5, 5.41) is 0. The van der Waals surface area contributed by atoms with Gasteiger partial charge in [0.25, 0.3) is 0 Å². The molecule has 2 aromatic rings. The monoisotopic (exact) mass is 371 g/mol. The van der Waals surface area contributed by atoms with E-state index in [2.05, 4.69) is 31.9 Å². The molecule has 0 unspecified atom stereocenters. The molecule has 0 bridgehead atoms. The standard InChI is InChI=1S/C13H8Br2FNO/c14-10-3-2-8(17)6-9(10)13(18)7-1-4-12(16)11(15)5-7/h1-6H,17H2. The molecule has 0 saturated heterocycles. The first-order chi connectivity index (χ1) is 8.49. The van der Waals surface area contributed by atoms with E-state index in [4.69, 9.17) is 5.73 Å². The highest BCUT2D eigenvalue weighted by molar-refractivity contribution is 9.10. The maximum absolute atomic E-state index is 13.1. The van der Waals surface area contributed by atoms with Gasteiger partial charge in [-0.3, -0.25) is 4.79 Å². The second-order valence-corrected chi connectivity index (χ2v) is 5.41. The average molecular weight is 373 g/mol. The van der Waals surface area contributed by atoms with Gasteiger partial charge in [-0.25, -0.2) is 4.39 Å². The number of benzene rings is 2. The number of ketones is 1. The molecule has 2 rings (SSSR count). The van der Waals surface area contributed by atoms with E-state index in [1.807, 2.05) is 0 Å². The molecule has 0 aliphatic carbocycles. The maximum Gasteiger partial charge on any atom is 0.194 e. The van der Waals surface area contributed by atoms with Crippen molar-refractivity contribution in [3.05, 3.63) is 62.3 Å². The number of hydrogen-bond acceptors (Lipinski definition) is 2. The molecule has 18 heavy (non-hydrogen) atoms. The van der Waals surface area contributed by atoms with E-state index in [9.17, 15) is 9.18 Å². The van der Waals surface area contributed by atoms with Crippen LogP contribution in [0.15, 0.2) is 45.3 Å². The number of carbonyl (C=O) groups is 1. The number of rotatable bonds is 2. The molecule has 0 aromatic heterocycles. The SMILES string of the molecule is Nc1ccc(Br)c(C(=O)c2ccc(F)c(Br)c2)c1. The second-order valence-electron chi connectivity index (χ2n) is 3.70. The highest BCUT2D eigenvalue weighted by Crippen LogP contribution is 2.24. The zero-order chi connectivity index (χ0) is 13.3. The highest BCUT2D eigenvalue weighted by Gasteiger charge is 2.14. The summed E-state index contributed by atoms with van der Waals surface area (Å²) in [6.45, 7) is 0. The Bertz CT molecular complexity index is 628. The first kappa shape index (κ1) is 13.2. The summed E-state index contributed by atoms with van der Waals surface area (Å²) in [4.78, 5) is 12.3. The summed E-state index contributed by atoms with van der Waals surface area (Å²) in [6.07, 6.45) is 0. The van der Waals surface area contributed by atoms with E-state index in [1.54, 1.807) is 18.2 Å². The zero-order valence-electron chi connectivity index (χ0n) is 9.08. The van der Waals surface area contributed by atoms with Gasteiger partial charge in [0.1, 0.15) is 5.82 Å². The Balaban J connectivity index is 2.47. The number of nitrogens with two attached hydrogens (primary N) is 1. The van der Waals surface area contributed by atoms with Gasteiger partial charge in [0.05, 0.1) is 4.47 Å². The van der Waals surface area contributed by atoms with Gasteiger partial charge in [-0.05, 0) is 52.3 Å². The Hall–Kier alpha value is -1.20. The molecule has 0 fully saturated rings. The number of carbonyl (C=O) groups excluding carboxylic acids is 1. The third-order valence-corrected chi connectivity index (χ3v) is 3.72. The Labute approximate surface area is 120 Å². The van der Waals surface area contributed by atoms with Gasteiger partial charge in [-0.2, -0.15) is 0 Å². The third-order valence-electron chi connectivity index (χ3n) is 2.42. The van der Waals surface area contributed by atoms with Crippen molar-refractivity contribution in [2.45, 2.75) is 0 Å². The second kappa shape index (κ2) is 5.20. The molecule has 92 valence electrons. The molecule has 0 amide bonds. The van der Waals surface area contributed by atoms with E-state index in [0.29, 0.717) is 21.3 Å². The molecular weight excluding hydrogens is 365 g/mol. The summed E-state index contributed by atoms with van der Waals surface area (Å²) in [5.41, 5.74) is 7.01. The predicted molar refractivity (Wildman–Crippen MR) is 76.1 cm³/mol. The molecule has 0 saturated carbocycles. The molecule has 2 N–H and O–H groups in total. The average Bonchev–Trinajstić information content (AvgIpc) is 2.35. The van der Waals surface area contributed by atoms with Gasteiger partial charge in [0, 0.05) is 21.3 Å². The largest absolute Gasteiger partial charge is 0.399 e. The van der Waals surface area contributed by atoms with Crippen LogP contribution in [0.3, 0.4) is 0 Å². The molecule has 2 aromatic carbocycles. The van der Waals surface area contributed by atoms with Crippen LogP contribution in [0.5, 0.6) is 0 Å². The van der Waals surface area contributed by atoms with Crippen molar-refractivity contribution in [2.24, 2.45) is 0 Å². The normalized spacial score (nSPS) is 10.4. The predicted octanol–water partition coefficient (Wildman–Crippen LogP) is 4.16. The van der Waals surface area contributed by atoms with Crippen molar-refractivity contribution in [3.8, 4) is 0 Å². The summed E-state index contributed by atoms with van der Waals surface area (Å²) >= 11 is 6.36. The third kappa shape index (κ3) is 2.62. The summed E-state index contributed by atoms with van der Waals surface area (Å²) in [5.74, 6) is -0.618. The van der Waals surface area contributed by atoms with Gasteiger partial charge >= 0.3 is 0 Å². The maximum atomic E-state index is 13.1. The minimum atomic E-state index is -0.404. The summed E-state index contributed by atoms with van der Waals surface area (Å²) < 4.78 is 14.0. The van der Waals surface area contributed by atoms with E-state index in [-0.39, 0.29) is 10.3 Å². The lowest BCUT2D eigenvalue weighted by molar-refractivity contribution is 0.103. The molecular formula is C13H8Br2FNO. The quantitative estimate of drug-likeness (QED) is 0.635. The first-order valence-electron chi connectivity index (χ1n) is 5.04. The van der Waals surface area contributed by atoms with E-state index in [1.165, 1.54) is 18.2 Å². The van der Waals surface area contributed by atoms with Crippen LogP contribution in [0.4, 0.5) is 10.1 Å². The lowest BCUT2D eigenvalue weighted by atomic mass is 10.0. The van der Waals surface area contributed by atoms with Crippen LogP contribution in [-0.2, 0) is 0 Å². The molecule has 0 spiro atoms. The van der Waals surface area contributed by atoms with Crippen LogP contribution in [0.2, 0.25) is 0 Å². The van der Waals surface area contributed by atoms with Crippen LogP contribution in [-0.4, -0.2) is 5.78 Å². The minimum absolute atomic E-state index is 0.213. The van der Waals surface area contributed by atoms with Crippen molar-refractivity contribution in [2.75, 3.05) is 5.73 Å². The molecule has 0 aliphatic heterocycles. The lowest BCUT2D eigenvalue weighted by Gasteiger charge is -2.06. The molecule has 0 atom stereocenters. The van der Waals surface area contributed by atoms with Crippen molar-refractivity contribution in [1.29, 1.82) is 0 Å². The van der Waals surface area contributed by atoms with Crippen LogP contribution < -0.4 is 5.73 Å². The van der Waals surface area contributed by atoms with Crippen LogP contribution in [0, 0.1) is 5.82 Å². The number of halogens is 3. The Kier molecular flexibility index (Phi) is 3.82. The molecule has 2 nitrogen and oxygen atoms in total. The summed E-state index contributed by atoms with van der Waals surface area (Å²) in [7, 11) is 0. The van der Waals surface area contributed by atoms with Crippen molar-refractivity contribution < 1.29 is 9.18 Å². The van der Waals surface area contributed by atoms with Crippen LogP contribution in [0.1, 0.15) is 15.9 Å². The van der Waals surface area contributed by atoms with Crippen molar-refractivity contribution in [1.82, 2.24) is 0 Å². The van der Waals surface area contributed by atoms with Gasteiger partial charge in [0.2, 0.25) is 0 Å². The Morgan fingerprint density at radius 2 is 1.78 bits per heavy atom. The van der Waals surface area contributed by atoms with Crippen LogP contribution >= 0.6 is 31.9 Å². The highest BCUT2D eigenvalue weighted by atomic mass is 79.9. The molecule has 0 aliphatic rings. The molecule has 0 radical (unpaired) electrons. The zero-order valence-corrected chi connectivity index (χ0v) is 12.3. The van der Waals surface area contributed by atoms with Gasteiger partial charge in [0.15, 0.2) is 5.78 Å². The Morgan fingerprint density at radius 3 is 2.44 bits per heavy atom. The van der Waals surface area contributed by atoms with E-state index < -0.39 is 5.82 Å². The topological polar surface area (TPSA) is 43.1 Å². The smallest absolute Gasteiger partial charge is 0.194 e. The Morgan fingerprint density at radius 1 is 1.06 bits per heavy atom. The van der Waals surface area contributed by atoms with Gasteiger partial charge in [-0.15, -0.1) is 0 Å². The summed E-state index contributed by atoms with van der Waals surface area (Å²) in [6, 6.07) is 9.13. The van der Waals surface area contributed by atoms with Crippen molar-refractivity contribution in [3.63, 3.8) is 0 Å². The minimum Gasteiger partial charge on any atom is -0.399 e. The van der Waals surface area contributed by atoms with Crippen molar-refractivity contribution >= 4 is 43.3 Å². The van der Waals surface area contributed by atoms with Gasteiger partial charge in [-0.1, -0.05) is 15.9 Å². The first-order valence-corrected chi connectivity index (χ1v) is 6.62. The fourth-order valence-electron chi connectivity index (χ4n) is 1.51. The molecule has 5 heteroatoms. The van der Waals surface area contributed by atoms with Crippen LogP contribution in [0.25, 0.3) is 0 Å². The lowest BCUT2D eigenvalue weighted by Crippen LogP contribution is -2.03.